The van der Waals surface area contributed by atoms with Crippen LogP contribution in [0.15, 0.2) is 0 Å². The molecule has 15 heavy (non-hydrogen) atoms. The van der Waals surface area contributed by atoms with Gasteiger partial charge in [-0.2, -0.15) is 0 Å². The Labute approximate surface area is 86.3 Å². The molecule has 0 aromatic heterocycles. The Morgan fingerprint density at radius 2 is 1.93 bits per heavy atom. The van der Waals surface area contributed by atoms with E-state index in [2.05, 4.69) is 5.32 Å². The van der Waals surface area contributed by atoms with E-state index < -0.39 is 43.2 Å². The van der Waals surface area contributed by atoms with Crippen molar-refractivity contribution in [2.45, 2.75) is 37.6 Å². The molecular formula is C8H15NO6. The predicted octanol–water partition coefficient (Wildman–Crippen LogP) is -3.08. The predicted molar refractivity (Wildman–Crippen MR) is 47.6 cm³/mol. The summed E-state index contributed by atoms with van der Waals surface area (Å²) in [5, 5.41) is 39.4. The van der Waals surface area contributed by atoms with Crippen molar-refractivity contribution in [2.24, 2.45) is 0 Å². The molecule has 88 valence electrons. The Balaban J connectivity index is 2.70. The minimum Gasteiger partial charge on any atom is -0.394 e. The summed E-state index contributed by atoms with van der Waals surface area (Å²) >= 11 is 0. The van der Waals surface area contributed by atoms with E-state index in [0.717, 1.165) is 0 Å². The summed E-state index contributed by atoms with van der Waals surface area (Å²) in [5.74, 6) is -0.462. The number of hydrogen-bond donors (Lipinski definition) is 5. The van der Waals surface area contributed by atoms with Crippen LogP contribution in [0.5, 0.6) is 0 Å². The zero-order valence-electron chi connectivity index (χ0n) is 8.20. The van der Waals surface area contributed by atoms with Crippen LogP contribution >= 0.6 is 0 Å². The third kappa shape index (κ3) is 2.64. The minimum absolute atomic E-state index is 0.462. The van der Waals surface area contributed by atoms with Crippen LogP contribution in [-0.4, -0.2) is 63.6 Å². The van der Waals surface area contributed by atoms with Gasteiger partial charge in [0, 0.05) is 6.92 Å². The second-order valence-electron chi connectivity index (χ2n) is 3.46. The first kappa shape index (κ1) is 12.3. The highest BCUT2D eigenvalue weighted by molar-refractivity contribution is 5.73. The maximum atomic E-state index is 10.7. The van der Waals surface area contributed by atoms with Crippen molar-refractivity contribution in [3.8, 4) is 0 Å². The first-order valence-corrected chi connectivity index (χ1v) is 4.55. The van der Waals surface area contributed by atoms with Crippen molar-refractivity contribution in [3.05, 3.63) is 0 Å². The molecule has 0 unspecified atom stereocenters. The van der Waals surface area contributed by atoms with Crippen LogP contribution in [0.4, 0.5) is 0 Å². The number of carbonyl (C=O) groups is 1. The molecule has 0 radical (unpaired) electrons. The number of amides is 1. The topological polar surface area (TPSA) is 119 Å². The van der Waals surface area contributed by atoms with Crippen molar-refractivity contribution >= 4 is 5.91 Å². The number of rotatable bonds is 2. The van der Waals surface area contributed by atoms with Gasteiger partial charge in [-0.15, -0.1) is 0 Å². The molecule has 0 aromatic rings. The maximum absolute atomic E-state index is 10.7. The number of aliphatic hydroxyl groups excluding tert-OH is 4. The molecule has 1 aliphatic heterocycles. The highest BCUT2D eigenvalue weighted by Gasteiger charge is 2.43. The Bertz CT molecular complexity index is 235. The van der Waals surface area contributed by atoms with Crippen LogP contribution < -0.4 is 5.32 Å². The van der Waals surface area contributed by atoms with E-state index in [0.29, 0.717) is 0 Å². The Morgan fingerprint density at radius 1 is 1.33 bits per heavy atom. The highest BCUT2D eigenvalue weighted by atomic mass is 16.6. The van der Waals surface area contributed by atoms with Gasteiger partial charge in [0.2, 0.25) is 5.91 Å². The summed E-state index contributed by atoms with van der Waals surface area (Å²) in [7, 11) is 0. The van der Waals surface area contributed by atoms with E-state index in [1.165, 1.54) is 6.92 Å². The standard InChI is InChI=1S/C8H15NO6/c1-3(11)9-5-7(13)6(12)4(2-10)15-8(5)14/h4-8,10,12-14H,2H2,1H3,(H,9,11)/t4-,5-,6+,7+,8-/m0/s1. The zero-order chi connectivity index (χ0) is 11.6. The van der Waals surface area contributed by atoms with Gasteiger partial charge in [0.15, 0.2) is 6.29 Å². The number of aliphatic hydroxyl groups is 4. The quantitative estimate of drug-likeness (QED) is 0.337. The van der Waals surface area contributed by atoms with Crippen molar-refractivity contribution in [3.63, 3.8) is 0 Å². The molecule has 0 aromatic carbocycles. The van der Waals surface area contributed by atoms with Gasteiger partial charge in [-0.05, 0) is 0 Å². The summed E-state index contributed by atoms with van der Waals surface area (Å²) < 4.78 is 4.81. The molecular weight excluding hydrogens is 206 g/mol. The van der Waals surface area contributed by atoms with Crippen LogP contribution in [0, 0.1) is 0 Å². The van der Waals surface area contributed by atoms with Gasteiger partial charge >= 0.3 is 0 Å². The molecule has 1 rings (SSSR count). The first-order valence-electron chi connectivity index (χ1n) is 4.55. The van der Waals surface area contributed by atoms with Crippen LogP contribution in [0.3, 0.4) is 0 Å². The van der Waals surface area contributed by atoms with Crippen LogP contribution in [-0.2, 0) is 9.53 Å². The number of ether oxygens (including phenoxy) is 1. The van der Waals surface area contributed by atoms with Crippen molar-refractivity contribution < 1.29 is 30.0 Å². The highest BCUT2D eigenvalue weighted by Crippen LogP contribution is 2.19. The summed E-state index contributed by atoms with van der Waals surface area (Å²) in [5.41, 5.74) is 0. The van der Waals surface area contributed by atoms with Crippen LogP contribution in [0.2, 0.25) is 0 Å². The Hall–Kier alpha value is -0.730. The van der Waals surface area contributed by atoms with E-state index in [4.69, 9.17) is 9.84 Å². The average Bonchev–Trinajstić information content (AvgIpc) is 2.18. The lowest BCUT2D eigenvalue weighted by atomic mass is 9.97. The van der Waals surface area contributed by atoms with Gasteiger partial charge in [0.1, 0.15) is 24.4 Å². The van der Waals surface area contributed by atoms with Gasteiger partial charge in [-0.1, -0.05) is 0 Å². The van der Waals surface area contributed by atoms with Crippen molar-refractivity contribution in [1.29, 1.82) is 0 Å². The Morgan fingerprint density at radius 3 is 2.40 bits per heavy atom. The summed E-state index contributed by atoms with van der Waals surface area (Å²) in [6, 6.07) is -1.10. The normalized spacial score (nSPS) is 41.3. The largest absolute Gasteiger partial charge is 0.394 e. The van der Waals surface area contributed by atoms with Gasteiger partial charge in [-0.3, -0.25) is 4.79 Å². The van der Waals surface area contributed by atoms with E-state index in [1.54, 1.807) is 0 Å². The van der Waals surface area contributed by atoms with E-state index in [-0.39, 0.29) is 0 Å². The van der Waals surface area contributed by atoms with Crippen molar-refractivity contribution in [1.82, 2.24) is 5.32 Å². The molecule has 7 heteroatoms. The molecule has 1 aliphatic rings. The summed E-state index contributed by atoms with van der Waals surface area (Å²) in [6.45, 7) is 0.687. The summed E-state index contributed by atoms with van der Waals surface area (Å²) in [6.07, 6.45) is -5.24. The van der Waals surface area contributed by atoms with Crippen molar-refractivity contribution in [2.75, 3.05) is 6.61 Å². The van der Waals surface area contributed by atoms with E-state index >= 15 is 0 Å². The fourth-order valence-electron chi connectivity index (χ4n) is 1.49. The number of nitrogens with one attached hydrogen (secondary N) is 1. The molecule has 0 aliphatic carbocycles. The van der Waals surface area contributed by atoms with Crippen LogP contribution in [0.25, 0.3) is 0 Å². The van der Waals surface area contributed by atoms with Crippen LogP contribution in [0.1, 0.15) is 6.92 Å². The number of carbonyl (C=O) groups excluding carboxylic acids is 1. The molecule has 5 atom stereocenters. The third-order valence-electron chi connectivity index (χ3n) is 2.27. The average molecular weight is 221 g/mol. The van der Waals surface area contributed by atoms with Gasteiger partial charge in [0.25, 0.3) is 0 Å². The van der Waals surface area contributed by atoms with E-state index in [1.807, 2.05) is 0 Å². The smallest absolute Gasteiger partial charge is 0.217 e. The molecule has 1 saturated heterocycles. The Kier molecular flexibility index (Phi) is 4.00. The fourth-order valence-corrected chi connectivity index (χ4v) is 1.49. The SMILES string of the molecule is CC(=O)N[C@H]1[C@@H](O)[C@H](O)[C@H](CO)O[C@@H]1O. The van der Waals surface area contributed by atoms with Gasteiger partial charge in [0.05, 0.1) is 6.61 Å². The second kappa shape index (κ2) is 4.86. The fraction of sp³-hybridized carbons (Fsp3) is 0.875. The molecule has 1 fully saturated rings. The number of hydrogen-bond acceptors (Lipinski definition) is 6. The second-order valence-corrected chi connectivity index (χ2v) is 3.46. The zero-order valence-corrected chi connectivity index (χ0v) is 8.20. The molecule has 0 bridgehead atoms. The first-order chi connectivity index (χ1) is 6.97. The molecule has 0 spiro atoms. The maximum Gasteiger partial charge on any atom is 0.217 e. The minimum atomic E-state index is -1.45. The van der Waals surface area contributed by atoms with Gasteiger partial charge in [-0.25, -0.2) is 0 Å². The molecule has 5 N–H and O–H groups in total. The molecule has 0 saturated carbocycles. The molecule has 1 heterocycles. The lowest BCUT2D eigenvalue weighted by Crippen LogP contribution is -2.63. The molecule has 7 nitrogen and oxygen atoms in total. The third-order valence-corrected chi connectivity index (χ3v) is 2.27. The van der Waals surface area contributed by atoms with E-state index in [9.17, 15) is 20.1 Å². The van der Waals surface area contributed by atoms with Gasteiger partial charge < -0.3 is 30.5 Å². The monoisotopic (exact) mass is 221 g/mol. The summed E-state index contributed by atoms with van der Waals surface area (Å²) in [4.78, 5) is 10.7. The lowest BCUT2D eigenvalue weighted by molar-refractivity contribution is -0.253. The molecule has 1 amide bonds. The lowest BCUT2D eigenvalue weighted by Gasteiger charge is -2.40.